The Hall–Kier alpha value is -2.38. The molecule has 1 atom stereocenters. The number of hydrogen-bond donors (Lipinski definition) is 2. The van der Waals surface area contributed by atoms with Crippen molar-refractivity contribution in [1.29, 1.82) is 0 Å². The van der Waals surface area contributed by atoms with Crippen molar-refractivity contribution in [3.63, 3.8) is 0 Å². The van der Waals surface area contributed by atoms with Crippen LogP contribution >= 0.6 is 22.9 Å². The summed E-state index contributed by atoms with van der Waals surface area (Å²) in [6.45, 7) is 3.32. The fraction of sp³-hybridized carbons (Fsp3) is 0.316. The van der Waals surface area contributed by atoms with E-state index in [1.54, 1.807) is 26.0 Å². The molecule has 6 nitrogen and oxygen atoms in total. The highest BCUT2D eigenvalue weighted by molar-refractivity contribution is 7.10. The maximum Gasteiger partial charge on any atom is 0.325 e. The van der Waals surface area contributed by atoms with Gasteiger partial charge < -0.3 is 10.6 Å². The number of nitrogens with one attached hydrogen (secondary N) is 2. The number of carbonyl (C=O) groups is 3. The van der Waals surface area contributed by atoms with E-state index in [0.29, 0.717) is 5.02 Å². The van der Waals surface area contributed by atoms with Gasteiger partial charge in [0.15, 0.2) is 0 Å². The highest BCUT2D eigenvalue weighted by Crippen LogP contribution is 2.27. The quantitative estimate of drug-likeness (QED) is 0.723. The van der Waals surface area contributed by atoms with Crippen molar-refractivity contribution >= 4 is 40.8 Å². The number of hydrogen-bond acceptors (Lipinski definition) is 4. The van der Waals surface area contributed by atoms with Gasteiger partial charge in [0.05, 0.1) is 6.04 Å². The van der Waals surface area contributed by atoms with Gasteiger partial charge in [-0.25, -0.2) is 4.79 Å². The van der Waals surface area contributed by atoms with Crippen molar-refractivity contribution in [3.8, 4) is 0 Å². The number of urea groups is 1. The molecule has 142 valence electrons. The Morgan fingerprint density at radius 3 is 2.52 bits per heavy atom. The fourth-order valence-corrected chi connectivity index (χ4v) is 3.83. The summed E-state index contributed by atoms with van der Waals surface area (Å²) in [6.07, 6.45) is 0.0324. The van der Waals surface area contributed by atoms with Gasteiger partial charge >= 0.3 is 6.03 Å². The molecule has 1 fully saturated rings. The number of benzene rings is 1. The highest BCUT2D eigenvalue weighted by Gasteiger charge is 2.44. The molecule has 1 unspecified atom stereocenters. The molecule has 1 aromatic carbocycles. The van der Waals surface area contributed by atoms with Crippen LogP contribution in [0.25, 0.3) is 0 Å². The first-order chi connectivity index (χ1) is 12.8. The molecule has 0 spiro atoms. The molecule has 2 aromatic rings. The van der Waals surface area contributed by atoms with Crippen LogP contribution in [0, 0.1) is 0 Å². The monoisotopic (exact) mass is 405 g/mol. The molecule has 1 saturated heterocycles. The van der Waals surface area contributed by atoms with Crippen molar-refractivity contribution < 1.29 is 14.4 Å². The lowest BCUT2D eigenvalue weighted by Gasteiger charge is -2.20. The van der Waals surface area contributed by atoms with E-state index < -0.39 is 11.6 Å². The molecule has 27 heavy (non-hydrogen) atoms. The topological polar surface area (TPSA) is 78.5 Å². The Bertz CT molecular complexity index is 850. The summed E-state index contributed by atoms with van der Waals surface area (Å²) in [4.78, 5) is 38.7. The predicted molar refractivity (Wildman–Crippen MR) is 105 cm³/mol. The molecule has 1 aliphatic heterocycles. The summed E-state index contributed by atoms with van der Waals surface area (Å²) >= 11 is 7.50. The van der Waals surface area contributed by atoms with Gasteiger partial charge in [-0.1, -0.05) is 29.8 Å². The van der Waals surface area contributed by atoms with Crippen LogP contribution in [0.4, 0.5) is 4.79 Å². The van der Waals surface area contributed by atoms with Gasteiger partial charge in [-0.15, -0.1) is 11.3 Å². The van der Waals surface area contributed by atoms with E-state index in [1.165, 1.54) is 11.3 Å². The number of imide groups is 1. The van der Waals surface area contributed by atoms with Crippen LogP contribution < -0.4 is 10.6 Å². The minimum Gasteiger partial charge on any atom is -0.344 e. The molecule has 0 aliphatic carbocycles. The minimum atomic E-state index is -0.934. The zero-order chi connectivity index (χ0) is 19.6. The predicted octanol–water partition coefficient (Wildman–Crippen LogP) is 3.33. The van der Waals surface area contributed by atoms with Crippen LogP contribution in [-0.2, 0) is 9.59 Å². The lowest BCUT2D eigenvalue weighted by molar-refractivity contribution is -0.130. The Morgan fingerprint density at radius 1 is 1.26 bits per heavy atom. The number of rotatable bonds is 6. The molecule has 1 aromatic heterocycles. The summed E-state index contributed by atoms with van der Waals surface area (Å²) in [5.41, 5.74) is -0.0255. The average Bonchev–Trinajstić information content (AvgIpc) is 3.20. The molecule has 0 saturated carbocycles. The largest absolute Gasteiger partial charge is 0.344 e. The van der Waals surface area contributed by atoms with E-state index in [4.69, 9.17) is 11.6 Å². The zero-order valence-corrected chi connectivity index (χ0v) is 16.6. The molecule has 0 bridgehead atoms. The fourth-order valence-electron chi connectivity index (χ4n) is 2.90. The second-order valence-corrected chi connectivity index (χ2v) is 8.25. The van der Waals surface area contributed by atoms with E-state index in [2.05, 4.69) is 10.6 Å². The number of halogens is 1. The molecule has 1 aliphatic rings. The highest BCUT2D eigenvalue weighted by atomic mass is 35.5. The van der Waals surface area contributed by atoms with Crippen LogP contribution in [0.15, 0.2) is 41.8 Å². The van der Waals surface area contributed by atoms with Gasteiger partial charge in [0.1, 0.15) is 5.54 Å². The standard InChI is InChI=1S/C19H20ClN3O3S/c1-19(2)17(25)23(18(26)22-19)10-9-15(24)21-16(14-4-3-11-27-14)12-5-7-13(20)8-6-12/h3-8,11,16H,9-10H2,1-2H3,(H,21,24)(H,22,26). The maximum atomic E-state index is 12.5. The third kappa shape index (κ3) is 4.31. The summed E-state index contributed by atoms with van der Waals surface area (Å²) in [5, 5.41) is 8.16. The van der Waals surface area contributed by atoms with E-state index in [1.807, 2.05) is 29.6 Å². The van der Waals surface area contributed by atoms with Crippen LogP contribution in [-0.4, -0.2) is 34.8 Å². The van der Waals surface area contributed by atoms with Crippen molar-refractivity contribution in [3.05, 3.63) is 57.2 Å². The number of nitrogens with zero attached hydrogens (tertiary/aromatic N) is 1. The third-order valence-corrected chi connectivity index (χ3v) is 5.53. The molecule has 4 amide bonds. The summed E-state index contributed by atoms with van der Waals surface area (Å²) in [5.74, 6) is -0.568. The van der Waals surface area contributed by atoms with Crippen molar-refractivity contribution in [1.82, 2.24) is 15.5 Å². The Labute approximate surface area is 166 Å². The van der Waals surface area contributed by atoms with Crippen molar-refractivity contribution in [2.45, 2.75) is 31.8 Å². The van der Waals surface area contributed by atoms with E-state index in [0.717, 1.165) is 15.3 Å². The number of carbonyl (C=O) groups excluding carboxylic acids is 3. The molecular weight excluding hydrogens is 386 g/mol. The van der Waals surface area contributed by atoms with Gasteiger partial charge in [-0.2, -0.15) is 0 Å². The molecule has 2 heterocycles. The second-order valence-electron chi connectivity index (χ2n) is 6.83. The van der Waals surface area contributed by atoms with E-state index >= 15 is 0 Å². The number of thiophene rings is 1. The Balaban J connectivity index is 1.68. The SMILES string of the molecule is CC1(C)NC(=O)N(CCC(=O)NC(c2ccc(Cl)cc2)c2cccs2)C1=O. The normalized spacial score (nSPS) is 16.9. The van der Waals surface area contributed by atoms with Crippen LogP contribution in [0.2, 0.25) is 5.02 Å². The van der Waals surface area contributed by atoms with Crippen molar-refractivity contribution in [2.75, 3.05) is 6.54 Å². The number of amides is 4. The lowest BCUT2D eigenvalue weighted by atomic mass is 10.1. The Kier molecular flexibility index (Phi) is 5.53. The molecule has 8 heteroatoms. The van der Waals surface area contributed by atoms with Gasteiger partial charge in [0, 0.05) is 22.9 Å². The average molecular weight is 406 g/mol. The molecule has 3 rings (SSSR count). The smallest absolute Gasteiger partial charge is 0.325 e. The van der Waals surface area contributed by atoms with Gasteiger partial charge in [-0.05, 0) is 43.0 Å². The summed E-state index contributed by atoms with van der Waals surface area (Å²) in [7, 11) is 0. The summed E-state index contributed by atoms with van der Waals surface area (Å²) < 4.78 is 0. The zero-order valence-electron chi connectivity index (χ0n) is 15.0. The van der Waals surface area contributed by atoms with Crippen LogP contribution in [0.1, 0.15) is 36.8 Å². The molecular formula is C19H20ClN3O3S. The first kappa shape index (κ1) is 19.4. The first-order valence-electron chi connectivity index (χ1n) is 8.50. The first-order valence-corrected chi connectivity index (χ1v) is 9.76. The van der Waals surface area contributed by atoms with Gasteiger partial charge in [0.2, 0.25) is 5.91 Å². The third-order valence-electron chi connectivity index (χ3n) is 4.34. The van der Waals surface area contributed by atoms with Crippen LogP contribution in [0.3, 0.4) is 0 Å². The second kappa shape index (κ2) is 7.70. The molecule has 0 radical (unpaired) electrons. The summed E-state index contributed by atoms with van der Waals surface area (Å²) in [6, 6.07) is 10.4. The Morgan fingerprint density at radius 2 is 1.96 bits per heavy atom. The molecule has 2 N–H and O–H groups in total. The van der Waals surface area contributed by atoms with Crippen LogP contribution in [0.5, 0.6) is 0 Å². The van der Waals surface area contributed by atoms with E-state index in [-0.39, 0.29) is 30.8 Å². The van der Waals surface area contributed by atoms with E-state index in [9.17, 15) is 14.4 Å². The van der Waals surface area contributed by atoms with Crippen molar-refractivity contribution in [2.24, 2.45) is 0 Å². The minimum absolute atomic E-state index is 0.0324. The maximum absolute atomic E-state index is 12.5. The van der Waals surface area contributed by atoms with Gasteiger partial charge in [-0.3, -0.25) is 14.5 Å². The lowest BCUT2D eigenvalue weighted by Crippen LogP contribution is -2.41. The van der Waals surface area contributed by atoms with Gasteiger partial charge in [0.25, 0.3) is 5.91 Å².